The van der Waals surface area contributed by atoms with Crippen LogP contribution in [0.1, 0.15) is 32.1 Å². The molecule has 1 aromatic carbocycles. The van der Waals surface area contributed by atoms with E-state index in [-0.39, 0.29) is 48.7 Å². The van der Waals surface area contributed by atoms with E-state index in [0.29, 0.717) is 13.0 Å². The Morgan fingerprint density at radius 1 is 1.21 bits per heavy atom. The first-order valence-electron chi connectivity index (χ1n) is 11.2. The molecule has 1 unspecified atom stereocenters. The zero-order valence-electron chi connectivity index (χ0n) is 18.2. The summed E-state index contributed by atoms with van der Waals surface area (Å²) in [5.41, 5.74) is -3.01. The largest absolute Gasteiger partial charge is 0.461 e. The SMILES string of the molecule is OC1(C(F)F)CCCN(c2nc(OC[C@@]34CCCN3C[C@H](F)C4)nc3c(F)c(Br)c(F)cc23)C1. The van der Waals surface area contributed by atoms with E-state index in [2.05, 4.69) is 25.9 Å². The topological polar surface area (TPSA) is 61.7 Å². The number of hydrogen-bond donors (Lipinski definition) is 1. The van der Waals surface area contributed by atoms with Crippen LogP contribution in [0.25, 0.3) is 10.9 Å². The van der Waals surface area contributed by atoms with E-state index >= 15 is 0 Å². The van der Waals surface area contributed by atoms with E-state index in [9.17, 15) is 27.1 Å². The molecule has 3 aliphatic heterocycles. The quantitative estimate of drug-likeness (QED) is 0.444. The molecule has 0 aliphatic carbocycles. The molecule has 0 radical (unpaired) electrons. The van der Waals surface area contributed by atoms with Crippen molar-refractivity contribution in [1.29, 1.82) is 0 Å². The number of fused-ring (bicyclic) bond motifs is 2. The van der Waals surface area contributed by atoms with Crippen LogP contribution in [0.5, 0.6) is 6.01 Å². The molecule has 3 fully saturated rings. The fraction of sp³-hybridized carbons (Fsp3) is 0.636. The molecular weight excluding hydrogens is 527 g/mol. The maximum atomic E-state index is 15.0. The molecule has 4 heterocycles. The highest BCUT2D eigenvalue weighted by Crippen LogP contribution is 2.41. The van der Waals surface area contributed by atoms with Crippen molar-refractivity contribution in [2.24, 2.45) is 0 Å². The third-order valence-corrected chi connectivity index (χ3v) is 7.95. The van der Waals surface area contributed by atoms with Gasteiger partial charge in [-0.1, -0.05) is 0 Å². The fourth-order valence-electron chi connectivity index (χ4n) is 5.51. The van der Waals surface area contributed by atoms with Gasteiger partial charge in [-0.25, -0.2) is 22.0 Å². The molecule has 12 heteroatoms. The zero-order valence-corrected chi connectivity index (χ0v) is 19.8. The third kappa shape index (κ3) is 4.01. The van der Waals surface area contributed by atoms with Crippen molar-refractivity contribution in [3.05, 3.63) is 22.2 Å². The fourth-order valence-corrected chi connectivity index (χ4v) is 5.82. The summed E-state index contributed by atoms with van der Waals surface area (Å²) in [4.78, 5) is 11.9. The normalized spacial score (nSPS) is 29.9. The van der Waals surface area contributed by atoms with Crippen LogP contribution >= 0.6 is 15.9 Å². The first-order chi connectivity index (χ1) is 16.1. The Balaban J connectivity index is 1.53. The molecular formula is C22H24BrF5N4O2. The zero-order chi connectivity index (χ0) is 24.3. The van der Waals surface area contributed by atoms with E-state index < -0.39 is 46.4 Å². The summed E-state index contributed by atoms with van der Waals surface area (Å²) in [7, 11) is 0. The number of rotatable bonds is 5. The molecule has 6 nitrogen and oxygen atoms in total. The molecule has 3 aliphatic rings. The van der Waals surface area contributed by atoms with Gasteiger partial charge in [-0.2, -0.15) is 9.97 Å². The van der Waals surface area contributed by atoms with E-state index in [1.807, 2.05) is 4.90 Å². The van der Waals surface area contributed by atoms with Gasteiger partial charge in [0.25, 0.3) is 6.43 Å². The van der Waals surface area contributed by atoms with Gasteiger partial charge in [-0.05, 0) is 54.2 Å². The minimum atomic E-state index is -3.00. The van der Waals surface area contributed by atoms with Gasteiger partial charge in [0.2, 0.25) is 0 Å². The van der Waals surface area contributed by atoms with Gasteiger partial charge in [0.15, 0.2) is 5.82 Å². The van der Waals surface area contributed by atoms with Crippen LogP contribution in [0.15, 0.2) is 10.5 Å². The number of piperidine rings is 1. The lowest BCUT2D eigenvalue weighted by atomic mass is 9.93. The highest BCUT2D eigenvalue weighted by atomic mass is 79.9. The Labute approximate surface area is 201 Å². The Morgan fingerprint density at radius 3 is 2.74 bits per heavy atom. The number of anilines is 1. The summed E-state index contributed by atoms with van der Waals surface area (Å²) < 4.78 is 75.9. The third-order valence-electron chi connectivity index (χ3n) is 7.23. The monoisotopic (exact) mass is 550 g/mol. The van der Waals surface area contributed by atoms with Crippen LogP contribution in [-0.4, -0.2) is 76.5 Å². The number of halogens is 6. The standard InChI is InChI=1S/C22H24BrF5N4O2/c23-15-14(25)7-13-17(16(15)26)29-20(34-11-21-3-1-6-32(21)9-12(24)8-21)30-18(13)31-5-2-4-22(33,10-31)19(27)28/h7,12,19,33H,1-6,8-11H2/t12-,21+,22?/m1/s1. The van der Waals surface area contributed by atoms with Gasteiger partial charge in [0.1, 0.15) is 35.5 Å². The van der Waals surface area contributed by atoms with Crippen LogP contribution in [0.3, 0.4) is 0 Å². The van der Waals surface area contributed by atoms with Crippen molar-refractivity contribution in [2.45, 2.75) is 55.8 Å². The Hall–Kier alpha value is -1.79. The van der Waals surface area contributed by atoms with Crippen LogP contribution < -0.4 is 9.64 Å². The lowest BCUT2D eigenvalue weighted by molar-refractivity contribution is -0.102. The van der Waals surface area contributed by atoms with Crippen molar-refractivity contribution in [2.75, 3.05) is 37.7 Å². The highest BCUT2D eigenvalue weighted by molar-refractivity contribution is 9.10. The lowest BCUT2D eigenvalue weighted by Crippen LogP contribution is -2.53. The minimum Gasteiger partial charge on any atom is -0.461 e. The summed E-state index contributed by atoms with van der Waals surface area (Å²) in [5, 5.41) is 10.4. The van der Waals surface area contributed by atoms with Crippen molar-refractivity contribution in [3.8, 4) is 6.01 Å². The molecule has 0 saturated carbocycles. The van der Waals surface area contributed by atoms with Gasteiger partial charge in [0.05, 0.1) is 16.6 Å². The molecule has 1 N–H and O–H groups in total. The number of hydrogen-bond acceptors (Lipinski definition) is 6. The van der Waals surface area contributed by atoms with Crippen molar-refractivity contribution >= 4 is 32.7 Å². The molecule has 1 aromatic heterocycles. The maximum Gasteiger partial charge on any atom is 0.319 e. The predicted molar refractivity (Wildman–Crippen MR) is 118 cm³/mol. The number of aromatic nitrogens is 2. The molecule has 5 rings (SSSR count). The molecule has 3 atom stereocenters. The van der Waals surface area contributed by atoms with Gasteiger partial charge in [-0.3, -0.25) is 4.90 Å². The van der Waals surface area contributed by atoms with Crippen molar-refractivity contribution in [3.63, 3.8) is 0 Å². The maximum absolute atomic E-state index is 15.0. The number of nitrogens with zero attached hydrogens (tertiary/aromatic N) is 4. The average Bonchev–Trinajstić information content (AvgIpc) is 3.31. The second kappa shape index (κ2) is 8.70. The number of aliphatic hydroxyl groups is 1. The molecule has 0 bridgehead atoms. The van der Waals surface area contributed by atoms with Crippen molar-refractivity contribution in [1.82, 2.24) is 14.9 Å². The van der Waals surface area contributed by atoms with E-state index in [1.165, 1.54) is 4.90 Å². The molecule has 34 heavy (non-hydrogen) atoms. The van der Waals surface area contributed by atoms with Crippen LogP contribution in [0.4, 0.5) is 27.8 Å². The van der Waals surface area contributed by atoms with Gasteiger partial charge in [0, 0.05) is 24.9 Å². The Kier molecular flexibility index (Phi) is 6.12. The second-order valence-corrected chi connectivity index (χ2v) is 10.3. The van der Waals surface area contributed by atoms with E-state index in [4.69, 9.17) is 4.74 Å². The first-order valence-corrected chi connectivity index (χ1v) is 12.0. The Bertz CT molecular complexity index is 1110. The first kappa shape index (κ1) is 23.9. The molecule has 0 amide bonds. The average molecular weight is 551 g/mol. The minimum absolute atomic E-state index is 0.000331. The molecule has 3 saturated heterocycles. The summed E-state index contributed by atoms with van der Waals surface area (Å²) >= 11 is 2.87. The summed E-state index contributed by atoms with van der Waals surface area (Å²) in [6, 6.07) is 0.814. The molecule has 0 spiro atoms. The molecule has 186 valence electrons. The summed E-state index contributed by atoms with van der Waals surface area (Å²) in [5.74, 6) is -1.88. The van der Waals surface area contributed by atoms with Crippen LogP contribution in [-0.2, 0) is 0 Å². The molecule has 2 aromatic rings. The van der Waals surface area contributed by atoms with Crippen LogP contribution in [0, 0.1) is 11.6 Å². The second-order valence-electron chi connectivity index (χ2n) is 9.51. The predicted octanol–water partition coefficient (Wildman–Crippen LogP) is 4.22. The van der Waals surface area contributed by atoms with Crippen molar-refractivity contribution < 1.29 is 31.8 Å². The van der Waals surface area contributed by atoms with Crippen LogP contribution in [0.2, 0.25) is 0 Å². The number of ether oxygens (including phenoxy) is 1. The van der Waals surface area contributed by atoms with Gasteiger partial charge in [-0.15, -0.1) is 0 Å². The van der Waals surface area contributed by atoms with E-state index in [1.54, 1.807) is 0 Å². The number of alkyl halides is 3. The number of benzene rings is 1. The summed E-state index contributed by atoms with van der Waals surface area (Å²) in [6.07, 6.45) is -1.87. The number of β-amino-alcohol motifs (C(OH)–C–C–N with tert-alkyl or cyclic N) is 1. The highest BCUT2D eigenvalue weighted by Gasteiger charge is 2.49. The van der Waals surface area contributed by atoms with E-state index in [0.717, 1.165) is 25.5 Å². The van der Waals surface area contributed by atoms with Gasteiger partial charge < -0.3 is 14.7 Å². The van der Waals surface area contributed by atoms with Gasteiger partial charge >= 0.3 is 6.01 Å². The smallest absolute Gasteiger partial charge is 0.319 e. The summed E-state index contributed by atoms with van der Waals surface area (Å²) in [6.45, 7) is 0.962. The Morgan fingerprint density at radius 2 is 1.97 bits per heavy atom. The lowest BCUT2D eigenvalue weighted by Gasteiger charge is -2.39.